The number of nitrogens with one attached hydrogen (secondary N) is 1. The van der Waals surface area contributed by atoms with Gasteiger partial charge >= 0.3 is 5.97 Å². The summed E-state index contributed by atoms with van der Waals surface area (Å²) in [6, 6.07) is 7.92. The van der Waals surface area contributed by atoms with Gasteiger partial charge in [0.1, 0.15) is 0 Å². The Balaban J connectivity index is 1.59. The molecule has 0 radical (unpaired) electrons. The highest BCUT2D eigenvalue weighted by Crippen LogP contribution is 2.29. The molecule has 0 spiro atoms. The van der Waals surface area contributed by atoms with Gasteiger partial charge in [-0.3, -0.25) is 4.72 Å². The molecule has 2 fully saturated rings. The third kappa shape index (κ3) is 4.81. The molecule has 3 heterocycles. The molecule has 0 amide bonds. The van der Waals surface area contributed by atoms with Crippen LogP contribution in [-0.2, 0) is 10.0 Å². The van der Waals surface area contributed by atoms with E-state index in [-0.39, 0.29) is 16.1 Å². The Hall–Kier alpha value is -2.69. The van der Waals surface area contributed by atoms with Crippen LogP contribution in [0.1, 0.15) is 28.8 Å². The lowest BCUT2D eigenvalue weighted by Crippen LogP contribution is -2.53. The van der Waals surface area contributed by atoms with Crippen LogP contribution in [0.25, 0.3) is 0 Å². The molecule has 0 bridgehead atoms. The van der Waals surface area contributed by atoms with Crippen LogP contribution in [0, 0.1) is 6.92 Å². The van der Waals surface area contributed by atoms with Crippen LogP contribution in [0.2, 0.25) is 0 Å². The van der Waals surface area contributed by atoms with Crippen molar-refractivity contribution in [3.63, 3.8) is 0 Å². The lowest BCUT2D eigenvalue weighted by atomic mass is 10.2. The van der Waals surface area contributed by atoms with Crippen molar-refractivity contribution in [1.82, 2.24) is 15.0 Å². The number of carboxylic acid groups (broad SMARTS) is 1. The van der Waals surface area contributed by atoms with Crippen molar-refractivity contribution in [2.45, 2.75) is 24.7 Å². The molecule has 1 aromatic heterocycles. The molecule has 9 nitrogen and oxygen atoms in total. The summed E-state index contributed by atoms with van der Waals surface area (Å²) in [6.45, 7) is 6.94. The van der Waals surface area contributed by atoms with E-state index in [1.807, 2.05) is 17.9 Å². The van der Waals surface area contributed by atoms with Crippen molar-refractivity contribution < 1.29 is 18.3 Å². The number of sulfonamides is 1. The van der Waals surface area contributed by atoms with Gasteiger partial charge in [0.05, 0.1) is 16.1 Å². The first-order valence-electron chi connectivity index (χ1n) is 10.4. The lowest BCUT2D eigenvalue weighted by molar-refractivity contribution is -0.00767. The molecule has 1 aromatic carbocycles. The number of aromatic nitrogens is 1. The number of pyridine rings is 1. The minimum absolute atomic E-state index is 0.0682. The molecular formula is C21H27N5O4S. The lowest BCUT2D eigenvalue weighted by Gasteiger charge is -2.40. The summed E-state index contributed by atoms with van der Waals surface area (Å²) in [4.78, 5) is 17.9. The highest BCUT2D eigenvalue weighted by atomic mass is 32.2. The summed E-state index contributed by atoms with van der Waals surface area (Å²) in [5, 5.41) is 14.1. The maximum atomic E-state index is 13.0. The molecule has 2 aromatic rings. The SMILES string of the molecule is Cc1cccc(S(=O)(=O)Nc2cc(C(=O)O)cnc2N2CCN(N3CCCC3)CC2)c1. The number of rotatable bonds is 6. The molecule has 2 aliphatic rings. The first kappa shape index (κ1) is 21.5. The monoisotopic (exact) mass is 445 g/mol. The number of anilines is 2. The highest BCUT2D eigenvalue weighted by molar-refractivity contribution is 7.92. The summed E-state index contributed by atoms with van der Waals surface area (Å²) in [6.07, 6.45) is 3.70. The number of hydrazine groups is 1. The van der Waals surface area contributed by atoms with E-state index in [0.717, 1.165) is 31.7 Å². The Kier molecular flexibility index (Phi) is 6.12. The predicted molar refractivity (Wildman–Crippen MR) is 118 cm³/mol. The van der Waals surface area contributed by atoms with E-state index in [9.17, 15) is 18.3 Å². The summed E-state index contributed by atoms with van der Waals surface area (Å²) >= 11 is 0. The van der Waals surface area contributed by atoms with Crippen LogP contribution in [0.5, 0.6) is 0 Å². The zero-order valence-electron chi connectivity index (χ0n) is 17.5. The summed E-state index contributed by atoms with van der Waals surface area (Å²) < 4.78 is 28.5. The van der Waals surface area contributed by atoms with Gasteiger partial charge in [-0.15, -0.1) is 0 Å². The Morgan fingerprint density at radius 1 is 1.03 bits per heavy atom. The van der Waals surface area contributed by atoms with E-state index in [2.05, 4.69) is 19.7 Å². The molecule has 2 aliphatic heterocycles. The summed E-state index contributed by atoms with van der Waals surface area (Å²) in [7, 11) is -3.89. The third-order valence-electron chi connectivity index (χ3n) is 5.70. The zero-order chi connectivity index (χ0) is 22.0. The van der Waals surface area contributed by atoms with Crippen LogP contribution in [-0.4, -0.2) is 73.8 Å². The van der Waals surface area contributed by atoms with Gasteiger partial charge in [-0.1, -0.05) is 12.1 Å². The Morgan fingerprint density at radius 3 is 2.35 bits per heavy atom. The van der Waals surface area contributed by atoms with E-state index < -0.39 is 16.0 Å². The Morgan fingerprint density at radius 2 is 1.71 bits per heavy atom. The van der Waals surface area contributed by atoms with Gasteiger partial charge in [0.2, 0.25) is 0 Å². The van der Waals surface area contributed by atoms with E-state index in [4.69, 9.17) is 0 Å². The average molecular weight is 446 g/mol. The maximum Gasteiger partial charge on any atom is 0.337 e. The van der Waals surface area contributed by atoms with Gasteiger partial charge in [-0.2, -0.15) is 0 Å². The van der Waals surface area contributed by atoms with Gasteiger partial charge in [-0.05, 0) is 43.5 Å². The maximum absolute atomic E-state index is 13.0. The van der Waals surface area contributed by atoms with Crippen LogP contribution in [0.15, 0.2) is 41.4 Å². The average Bonchev–Trinajstić information content (AvgIpc) is 3.28. The number of aryl methyl sites for hydroxylation is 1. The van der Waals surface area contributed by atoms with Gasteiger partial charge in [0.25, 0.3) is 10.0 Å². The molecule has 4 rings (SSSR count). The van der Waals surface area contributed by atoms with Gasteiger partial charge in [0, 0.05) is 45.5 Å². The molecule has 0 atom stereocenters. The highest BCUT2D eigenvalue weighted by Gasteiger charge is 2.27. The van der Waals surface area contributed by atoms with Crippen LogP contribution < -0.4 is 9.62 Å². The Labute approximate surface area is 182 Å². The fourth-order valence-corrected chi connectivity index (χ4v) is 5.22. The number of benzene rings is 1. The molecule has 10 heteroatoms. The molecular weight excluding hydrogens is 418 g/mol. The van der Waals surface area contributed by atoms with Gasteiger partial charge in [-0.25, -0.2) is 28.2 Å². The quantitative estimate of drug-likeness (QED) is 0.696. The first-order chi connectivity index (χ1) is 14.8. The number of hydrogen-bond donors (Lipinski definition) is 2. The smallest absolute Gasteiger partial charge is 0.337 e. The topological polar surface area (TPSA) is 106 Å². The zero-order valence-corrected chi connectivity index (χ0v) is 18.3. The van der Waals surface area contributed by atoms with Crippen molar-refractivity contribution in [3.8, 4) is 0 Å². The van der Waals surface area contributed by atoms with Crippen molar-refractivity contribution in [3.05, 3.63) is 47.7 Å². The van der Waals surface area contributed by atoms with Crippen LogP contribution in [0.4, 0.5) is 11.5 Å². The van der Waals surface area contributed by atoms with Crippen LogP contribution in [0.3, 0.4) is 0 Å². The number of aromatic carboxylic acids is 1. The molecule has 0 unspecified atom stereocenters. The van der Waals surface area contributed by atoms with E-state index >= 15 is 0 Å². The second-order valence-corrected chi connectivity index (χ2v) is 9.61. The first-order valence-corrected chi connectivity index (χ1v) is 11.9. The molecule has 2 saturated heterocycles. The standard InChI is InChI=1S/C21H27N5O4S/c1-16-5-4-6-18(13-16)31(29,30)23-19-14-17(21(27)28)15-22-20(19)24-9-11-26(12-10-24)25-7-2-3-8-25/h4-6,13-15,23H,2-3,7-12H2,1H3,(H,27,28). The number of carbonyl (C=O) groups is 1. The summed E-state index contributed by atoms with van der Waals surface area (Å²) in [5.74, 6) is -0.712. The normalized spacial score (nSPS) is 18.3. The molecule has 0 saturated carbocycles. The van der Waals surface area contributed by atoms with Crippen molar-refractivity contribution in [2.24, 2.45) is 0 Å². The predicted octanol–water partition coefficient (Wildman–Crippen LogP) is 2.02. The largest absolute Gasteiger partial charge is 0.478 e. The number of hydrogen-bond acceptors (Lipinski definition) is 7. The summed E-state index contributed by atoms with van der Waals surface area (Å²) in [5.41, 5.74) is 0.927. The van der Waals surface area contributed by atoms with Gasteiger partial charge in [0.15, 0.2) is 5.82 Å². The van der Waals surface area contributed by atoms with E-state index in [1.165, 1.54) is 31.2 Å². The molecule has 2 N–H and O–H groups in total. The van der Waals surface area contributed by atoms with Gasteiger partial charge < -0.3 is 10.0 Å². The van der Waals surface area contributed by atoms with Crippen molar-refractivity contribution >= 4 is 27.5 Å². The Bertz CT molecular complexity index is 1060. The minimum atomic E-state index is -3.89. The van der Waals surface area contributed by atoms with E-state index in [0.29, 0.717) is 18.9 Å². The molecule has 0 aliphatic carbocycles. The number of piperazine rings is 1. The van der Waals surface area contributed by atoms with Crippen molar-refractivity contribution in [2.75, 3.05) is 48.9 Å². The number of nitrogens with zero attached hydrogens (tertiary/aromatic N) is 4. The molecule has 166 valence electrons. The van der Waals surface area contributed by atoms with Crippen LogP contribution >= 0.6 is 0 Å². The van der Waals surface area contributed by atoms with E-state index in [1.54, 1.807) is 12.1 Å². The van der Waals surface area contributed by atoms with Crippen molar-refractivity contribution in [1.29, 1.82) is 0 Å². The second kappa shape index (κ2) is 8.81. The fraction of sp³-hybridized carbons (Fsp3) is 0.429. The third-order valence-corrected chi connectivity index (χ3v) is 7.06. The minimum Gasteiger partial charge on any atom is -0.478 e. The fourth-order valence-electron chi connectivity index (χ4n) is 4.06. The second-order valence-electron chi connectivity index (χ2n) is 7.92. The number of carboxylic acids is 1. The molecule has 31 heavy (non-hydrogen) atoms.